The summed E-state index contributed by atoms with van der Waals surface area (Å²) in [5.41, 5.74) is 2.30. The smallest absolute Gasteiger partial charge is 0.231 e. The minimum atomic E-state index is -0.0814. The summed E-state index contributed by atoms with van der Waals surface area (Å²) in [6, 6.07) is 18.6. The third-order valence-electron chi connectivity index (χ3n) is 6.41. The molecule has 2 aliphatic rings. The number of anilines is 1. The number of amides is 1. The second kappa shape index (κ2) is 9.98. The number of carbonyl (C=O) groups is 1. The van der Waals surface area contributed by atoms with E-state index in [0.29, 0.717) is 5.91 Å². The van der Waals surface area contributed by atoms with E-state index < -0.39 is 0 Å². The van der Waals surface area contributed by atoms with Crippen molar-refractivity contribution in [2.45, 2.75) is 25.2 Å². The van der Waals surface area contributed by atoms with Crippen LogP contribution in [0.4, 0.5) is 5.69 Å². The van der Waals surface area contributed by atoms with Crippen molar-refractivity contribution >= 4 is 11.6 Å². The molecule has 5 heteroatoms. The molecule has 4 rings (SSSR count). The van der Waals surface area contributed by atoms with E-state index in [1.807, 2.05) is 30.3 Å². The highest BCUT2D eigenvalue weighted by molar-refractivity contribution is 5.84. The fourth-order valence-corrected chi connectivity index (χ4v) is 4.67. The summed E-state index contributed by atoms with van der Waals surface area (Å²) in [4.78, 5) is 20.3. The van der Waals surface area contributed by atoms with Crippen LogP contribution in [0, 0.1) is 0 Å². The molecule has 0 spiro atoms. The maximum absolute atomic E-state index is 13.4. The van der Waals surface area contributed by atoms with Gasteiger partial charge in [0.1, 0.15) is 5.75 Å². The van der Waals surface area contributed by atoms with Gasteiger partial charge in [0, 0.05) is 45.8 Å². The Balaban J connectivity index is 1.43. The lowest BCUT2D eigenvalue weighted by molar-refractivity contribution is -0.134. The van der Waals surface area contributed by atoms with Crippen LogP contribution in [0.3, 0.4) is 0 Å². The van der Waals surface area contributed by atoms with Gasteiger partial charge >= 0.3 is 0 Å². The highest BCUT2D eigenvalue weighted by Crippen LogP contribution is 2.29. The van der Waals surface area contributed by atoms with Crippen molar-refractivity contribution in [3.63, 3.8) is 0 Å². The Bertz CT molecular complexity index is 812. The summed E-state index contributed by atoms with van der Waals surface area (Å²) >= 11 is 0. The summed E-state index contributed by atoms with van der Waals surface area (Å²) in [7, 11) is 1.73. The molecule has 2 aromatic carbocycles. The average molecular weight is 408 g/mol. The first-order chi connectivity index (χ1) is 14.8. The maximum atomic E-state index is 13.4. The Morgan fingerprint density at radius 3 is 2.23 bits per heavy atom. The van der Waals surface area contributed by atoms with E-state index in [2.05, 4.69) is 39.0 Å². The Morgan fingerprint density at radius 1 is 0.867 bits per heavy atom. The molecule has 0 aliphatic carbocycles. The molecule has 1 amide bonds. The molecule has 0 radical (unpaired) electrons. The SMILES string of the molecule is COc1ccccc1N1CCN(CC(C(=O)N2CCCCC2)c2ccccc2)CC1. The molecule has 160 valence electrons. The molecule has 0 N–H and O–H groups in total. The molecule has 1 atom stereocenters. The molecule has 5 nitrogen and oxygen atoms in total. The fourth-order valence-electron chi connectivity index (χ4n) is 4.67. The van der Waals surface area contributed by atoms with E-state index >= 15 is 0 Å². The molecule has 2 aromatic rings. The van der Waals surface area contributed by atoms with Crippen LogP contribution in [-0.4, -0.2) is 68.6 Å². The standard InChI is InChI=1S/C25H33N3O2/c1-30-24-13-7-6-12-23(24)27-18-16-26(17-19-27)20-22(21-10-4-2-5-11-21)25(29)28-14-8-3-9-15-28/h2,4-7,10-13,22H,3,8-9,14-20H2,1H3. The Hall–Kier alpha value is -2.53. The number of benzene rings is 2. The zero-order valence-corrected chi connectivity index (χ0v) is 18.0. The first kappa shape index (κ1) is 20.7. The van der Waals surface area contributed by atoms with Gasteiger partial charge in [-0.2, -0.15) is 0 Å². The van der Waals surface area contributed by atoms with Crippen LogP contribution < -0.4 is 9.64 Å². The molecule has 1 unspecified atom stereocenters. The molecule has 2 saturated heterocycles. The van der Waals surface area contributed by atoms with Gasteiger partial charge in [0.25, 0.3) is 0 Å². The van der Waals surface area contributed by atoms with Gasteiger partial charge in [-0.15, -0.1) is 0 Å². The summed E-state index contributed by atoms with van der Waals surface area (Å²) in [6.45, 7) is 6.40. The number of methoxy groups -OCH3 is 1. The first-order valence-electron chi connectivity index (χ1n) is 11.2. The molecule has 2 heterocycles. The van der Waals surface area contributed by atoms with Crippen molar-refractivity contribution in [1.82, 2.24) is 9.80 Å². The van der Waals surface area contributed by atoms with Crippen molar-refractivity contribution in [2.75, 3.05) is 57.8 Å². The summed E-state index contributed by atoms with van der Waals surface area (Å²) < 4.78 is 5.54. The minimum Gasteiger partial charge on any atom is -0.495 e. The number of rotatable bonds is 6. The Labute approximate surface area is 180 Å². The lowest BCUT2D eigenvalue weighted by Gasteiger charge is -2.39. The molecular weight excluding hydrogens is 374 g/mol. The highest BCUT2D eigenvalue weighted by Gasteiger charge is 2.30. The van der Waals surface area contributed by atoms with Crippen LogP contribution in [0.2, 0.25) is 0 Å². The minimum absolute atomic E-state index is 0.0814. The second-order valence-electron chi connectivity index (χ2n) is 8.31. The first-order valence-corrected chi connectivity index (χ1v) is 11.2. The van der Waals surface area contributed by atoms with Gasteiger partial charge in [0.05, 0.1) is 18.7 Å². The average Bonchev–Trinajstić information content (AvgIpc) is 2.83. The van der Waals surface area contributed by atoms with Crippen LogP contribution in [-0.2, 0) is 4.79 Å². The number of hydrogen-bond acceptors (Lipinski definition) is 4. The number of ether oxygens (including phenoxy) is 1. The van der Waals surface area contributed by atoms with E-state index in [-0.39, 0.29) is 5.92 Å². The van der Waals surface area contributed by atoms with Crippen LogP contribution in [0.1, 0.15) is 30.7 Å². The molecule has 0 bridgehead atoms. The van der Waals surface area contributed by atoms with Crippen molar-refractivity contribution in [3.05, 3.63) is 60.2 Å². The van der Waals surface area contributed by atoms with Gasteiger partial charge < -0.3 is 14.5 Å². The van der Waals surface area contributed by atoms with Gasteiger partial charge in [-0.1, -0.05) is 42.5 Å². The molecular formula is C25H33N3O2. The maximum Gasteiger partial charge on any atom is 0.231 e. The summed E-state index contributed by atoms with van der Waals surface area (Å²) in [5, 5.41) is 0. The van der Waals surface area contributed by atoms with Gasteiger partial charge in [-0.05, 0) is 37.0 Å². The number of hydrogen-bond donors (Lipinski definition) is 0. The number of para-hydroxylation sites is 2. The molecule has 30 heavy (non-hydrogen) atoms. The number of likely N-dealkylation sites (tertiary alicyclic amines) is 1. The number of nitrogens with zero attached hydrogens (tertiary/aromatic N) is 3. The highest BCUT2D eigenvalue weighted by atomic mass is 16.5. The van der Waals surface area contributed by atoms with Gasteiger partial charge in [0.15, 0.2) is 0 Å². The zero-order chi connectivity index (χ0) is 20.8. The Kier molecular flexibility index (Phi) is 6.90. The largest absolute Gasteiger partial charge is 0.495 e. The van der Waals surface area contributed by atoms with Crippen LogP contribution in [0.25, 0.3) is 0 Å². The monoisotopic (exact) mass is 407 g/mol. The van der Waals surface area contributed by atoms with E-state index in [0.717, 1.165) is 75.7 Å². The van der Waals surface area contributed by atoms with Crippen molar-refractivity contribution < 1.29 is 9.53 Å². The quantitative estimate of drug-likeness (QED) is 0.733. The predicted octanol–water partition coefficient (Wildman–Crippen LogP) is 3.61. The number of carbonyl (C=O) groups excluding carboxylic acids is 1. The van der Waals surface area contributed by atoms with E-state index in [9.17, 15) is 4.79 Å². The van der Waals surface area contributed by atoms with Gasteiger partial charge in [0.2, 0.25) is 5.91 Å². The van der Waals surface area contributed by atoms with Crippen LogP contribution >= 0.6 is 0 Å². The number of piperidine rings is 1. The van der Waals surface area contributed by atoms with Crippen molar-refractivity contribution in [3.8, 4) is 5.75 Å². The topological polar surface area (TPSA) is 36.0 Å². The van der Waals surface area contributed by atoms with Crippen molar-refractivity contribution in [2.24, 2.45) is 0 Å². The molecule has 0 aromatic heterocycles. The Morgan fingerprint density at radius 2 is 1.53 bits per heavy atom. The summed E-state index contributed by atoms with van der Waals surface area (Å²) in [5.74, 6) is 1.14. The third-order valence-corrected chi connectivity index (χ3v) is 6.41. The summed E-state index contributed by atoms with van der Waals surface area (Å²) in [6.07, 6.45) is 3.50. The number of piperazine rings is 1. The van der Waals surface area contributed by atoms with Crippen molar-refractivity contribution in [1.29, 1.82) is 0 Å². The third kappa shape index (κ3) is 4.78. The molecule has 2 fully saturated rings. The van der Waals surface area contributed by atoms with E-state index in [1.54, 1.807) is 7.11 Å². The predicted molar refractivity (Wildman–Crippen MR) is 121 cm³/mol. The van der Waals surface area contributed by atoms with Crippen LogP contribution in [0.15, 0.2) is 54.6 Å². The van der Waals surface area contributed by atoms with Gasteiger partial charge in [-0.25, -0.2) is 0 Å². The van der Waals surface area contributed by atoms with Gasteiger partial charge in [-0.3, -0.25) is 9.69 Å². The zero-order valence-electron chi connectivity index (χ0n) is 18.0. The molecule has 0 saturated carbocycles. The fraction of sp³-hybridized carbons (Fsp3) is 0.480. The lowest BCUT2D eigenvalue weighted by Crippen LogP contribution is -2.49. The normalized spacial score (nSPS) is 18.8. The second-order valence-corrected chi connectivity index (χ2v) is 8.31. The van der Waals surface area contributed by atoms with E-state index in [4.69, 9.17) is 4.74 Å². The van der Waals surface area contributed by atoms with Crippen LogP contribution in [0.5, 0.6) is 5.75 Å². The lowest BCUT2D eigenvalue weighted by atomic mass is 9.95. The molecule has 2 aliphatic heterocycles. The van der Waals surface area contributed by atoms with E-state index in [1.165, 1.54) is 6.42 Å².